The van der Waals surface area contributed by atoms with Crippen LogP contribution < -0.4 is 5.56 Å². The Labute approximate surface area is 128 Å². The molecule has 0 amide bonds. The summed E-state index contributed by atoms with van der Waals surface area (Å²) < 4.78 is 3.71. The van der Waals surface area contributed by atoms with Crippen LogP contribution in [0.25, 0.3) is 22.4 Å². The van der Waals surface area contributed by atoms with E-state index >= 15 is 0 Å². The normalized spacial score (nSPS) is 11.3. The molecule has 0 radical (unpaired) electrons. The standard InChI is InChI=1S/C17H19N3O2/c1-4-20-15-6-5-12(10-21)8-14(15)18-16(20)13-7-11(2)17(22)19(3)9-13/h5-9,21H,4,10H2,1-3H3. The molecule has 5 heteroatoms. The first-order valence-electron chi connectivity index (χ1n) is 7.32. The second kappa shape index (κ2) is 5.42. The van der Waals surface area contributed by atoms with Gasteiger partial charge in [-0.3, -0.25) is 4.79 Å². The van der Waals surface area contributed by atoms with Crippen LogP contribution in [0.4, 0.5) is 0 Å². The Balaban J connectivity index is 2.28. The number of aliphatic hydroxyl groups is 1. The number of benzene rings is 1. The van der Waals surface area contributed by atoms with Crippen LogP contribution in [-0.2, 0) is 20.2 Å². The summed E-state index contributed by atoms with van der Waals surface area (Å²) >= 11 is 0. The first-order valence-corrected chi connectivity index (χ1v) is 7.32. The monoisotopic (exact) mass is 297 g/mol. The largest absolute Gasteiger partial charge is 0.392 e. The number of rotatable bonds is 3. The van der Waals surface area contributed by atoms with Gasteiger partial charge < -0.3 is 14.2 Å². The summed E-state index contributed by atoms with van der Waals surface area (Å²) in [6.07, 6.45) is 1.82. The first-order chi connectivity index (χ1) is 10.5. The molecular weight excluding hydrogens is 278 g/mol. The van der Waals surface area contributed by atoms with Crippen LogP contribution in [0.1, 0.15) is 18.1 Å². The summed E-state index contributed by atoms with van der Waals surface area (Å²) in [5.74, 6) is 0.839. The number of aliphatic hydroxyl groups excluding tert-OH is 1. The third kappa shape index (κ3) is 2.23. The molecule has 0 unspecified atom stereocenters. The quantitative estimate of drug-likeness (QED) is 0.806. The molecule has 0 aliphatic rings. The lowest BCUT2D eigenvalue weighted by Gasteiger charge is -2.08. The lowest BCUT2D eigenvalue weighted by atomic mass is 10.2. The number of imidazole rings is 1. The van der Waals surface area contributed by atoms with E-state index in [2.05, 4.69) is 11.5 Å². The summed E-state index contributed by atoms with van der Waals surface area (Å²) in [4.78, 5) is 16.6. The molecule has 3 aromatic rings. The molecule has 2 aromatic heterocycles. The molecule has 0 saturated heterocycles. The molecule has 0 fully saturated rings. The minimum absolute atomic E-state index is 0.00318. The van der Waals surface area contributed by atoms with Gasteiger partial charge in [0.1, 0.15) is 5.82 Å². The highest BCUT2D eigenvalue weighted by molar-refractivity contribution is 5.81. The van der Waals surface area contributed by atoms with Crippen molar-refractivity contribution in [1.82, 2.24) is 14.1 Å². The van der Waals surface area contributed by atoms with Crippen molar-refractivity contribution in [1.29, 1.82) is 0 Å². The maximum absolute atomic E-state index is 11.9. The van der Waals surface area contributed by atoms with E-state index in [9.17, 15) is 9.90 Å². The number of nitrogens with zero attached hydrogens (tertiary/aromatic N) is 3. The van der Waals surface area contributed by atoms with Crippen LogP contribution in [0.15, 0.2) is 35.3 Å². The average Bonchev–Trinajstić information content (AvgIpc) is 2.89. The van der Waals surface area contributed by atoms with E-state index in [1.165, 1.54) is 0 Å². The van der Waals surface area contributed by atoms with E-state index in [0.717, 1.165) is 34.5 Å². The molecule has 0 saturated carbocycles. The minimum atomic E-state index is 0.00318. The molecule has 22 heavy (non-hydrogen) atoms. The van der Waals surface area contributed by atoms with Gasteiger partial charge in [0.05, 0.1) is 17.6 Å². The Hall–Kier alpha value is -2.40. The van der Waals surface area contributed by atoms with Crippen LogP contribution >= 0.6 is 0 Å². The topological polar surface area (TPSA) is 60.0 Å². The van der Waals surface area contributed by atoms with Crippen molar-refractivity contribution in [2.75, 3.05) is 0 Å². The zero-order valence-corrected chi connectivity index (χ0v) is 13.0. The molecule has 0 aliphatic carbocycles. The van der Waals surface area contributed by atoms with Crippen LogP contribution in [-0.4, -0.2) is 19.2 Å². The smallest absolute Gasteiger partial charge is 0.253 e. The second-order valence-electron chi connectivity index (χ2n) is 5.49. The average molecular weight is 297 g/mol. The number of hydrogen-bond donors (Lipinski definition) is 1. The van der Waals surface area contributed by atoms with Crippen molar-refractivity contribution in [3.8, 4) is 11.4 Å². The Kier molecular flexibility index (Phi) is 3.58. The third-order valence-electron chi connectivity index (χ3n) is 3.93. The van der Waals surface area contributed by atoms with E-state index in [1.54, 1.807) is 11.6 Å². The van der Waals surface area contributed by atoms with Crippen molar-refractivity contribution >= 4 is 11.0 Å². The Morgan fingerprint density at radius 1 is 1.27 bits per heavy atom. The molecule has 1 N–H and O–H groups in total. The predicted octanol–water partition coefficient (Wildman–Crippen LogP) is 2.22. The summed E-state index contributed by atoms with van der Waals surface area (Å²) in [5.41, 5.74) is 4.35. The van der Waals surface area contributed by atoms with E-state index in [0.29, 0.717) is 5.56 Å². The van der Waals surface area contributed by atoms with Gasteiger partial charge in [0.2, 0.25) is 0 Å². The van der Waals surface area contributed by atoms with Crippen molar-refractivity contribution in [2.24, 2.45) is 7.05 Å². The first kappa shape index (κ1) is 14.5. The Morgan fingerprint density at radius 2 is 2.05 bits per heavy atom. The van der Waals surface area contributed by atoms with Crippen molar-refractivity contribution in [2.45, 2.75) is 27.0 Å². The fourth-order valence-electron chi connectivity index (χ4n) is 2.81. The molecule has 0 bridgehead atoms. The number of aryl methyl sites for hydroxylation is 3. The highest BCUT2D eigenvalue weighted by atomic mass is 16.3. The van der Waals surface area contributed by atoms with Crippen LogP contribution in [0, 0.1) is 6.92 Å². The SMILES string of the molecule is CCn1c(-c2cc(C)c(=O)n(C)c2)nc2cc(CO)ccc21. The predicted molar refractivity (Wildman–Crippen MR) is 86.7 cm³/mol. The van der Waals surface area contributed by atoms with E-state index in [1.807, 2.05) is 37.4 Å². The number of pyridine rings is 1. The fraction of sp³-hybridized carbons (Fsp3) is 0.294. The number of aromatic nitrogens is 3. The van der Waals surface area contributed by atoms with Gasteiger partial charge in [0.15, 0.2) is 0 Å². The number of hydrogen-bond acceptors (Lipinski definition) is 3. The summed E-state index contributed by atoms with van der Waals surface area (Å²) in [5, 5.41) is 9.28. The maximum Gasteiger partial charge on any atom is 0.253 e. The molecular formula is C17H19N3O2. The molecule has 0 aliphatic heterocycles. The molecule has 0 spiro atoms. The molecule has 1 aromatic carbocycles. The lowest BCUT2D eigenvalue weighted by Crippen LogP contribution is -2.18. The van der Waals surface area contributed by atoms with Crippen molar-refractivity contribution < 1.29 is 5.11 Å². The summed E-state index contributed by atoms with van der Waals surface area (Å²) in [6, 6.07) is 7.67. The maximum atomic E-state index is 11.9. The van der Waals surface area contributed by atoms with Gasteiger partial charge in [-0.15, -0.1) is 0 Å². The van der Waals surface area contributed by atoms with E-state index in [4.69, 9.17) is 4.98 Å². The fourth-order valence-corrected chi connectivity index (χ4v) is 2.81. The lowest BCUT2D eigenvalue weighted by molar-refractivity contribution is 0.282. The number of fused-ring (bicyclic) bond motifs is 1. The van der Waals surface area contributed by atoms with Gasteiger partial charge in [0, 0.05) is 30.9 Å². The highest BCUT2D eigenvalue weighted by Gasteiger charge is 2.13. The molecule has 5 nitrogen and oxygen atoms in total. The summed E-state index contributed by atoms with van der Waals surface area (Å²) in [6.45, 7) is 4.67. The van der Waals surface area contributed by atoms with Gasteiger partial charge in [-0.2, -0.15) is 0 Å². The summed E-state index contributed by atoms with van der Waals surface area (Å²) in [7, 11) is 1.75. The second-order valence-corrected chi connectivity index (χ2v) is 5.49. The molecule has 3 rings (SSSR count). The molecule has 2 heterocycles. The van der Waals surface area contributed by atoms with Crippen LogP contribution in [0.5, 0.6) is 0 Å². The van der Waals surface area contributed by atoms with Gasteiger partial charge in [-0.1, -0.05) is 6.07 Å². The van der Waals surface area contributed by atoms with E-state index < -0.39 is 0 Å². The Bertz CT molecular complexity index is 880. The zero-order valence-electron chi connectivity index (χ0n) is 13.0. The van der Waals surface area contributed by atoms with Gasteiger partial charge >= 0.3 is 0 Å². The Morgan fingerprint density at radius 3 is 2.68 bits per heavy atom. The van der Waals surface area contributed by atoms with Gasteiger partial charge in [-0.25, -0.2) is 4.98 Å². The van der Waals surface area contributed by atoms with Gasteiger partial charge in [0.25, 0.3) is 5.56 Å². The van der Waals surface area contributed by atoms with Crippen LogP contribution in [0.2, 0.25) is 0 Å². The highest BCUT2D eigenvalue weighted by Crippen LogP contribution is 2.25. The van der Waals surface area contributed by atoms with Crippen molar-refractivity contribution in [3.63, 3.8) is 0 Å². The van der Waals surface area contributed by atoms with E-state index in [-0.39, 0.29) is 12.2 Å². The van der Waals surface area contributed by atoms with Crippen LogP contribution in [0.3, 0.4) is 0 Å². The van der Waals surface area contributed by atoms with Gasteiger partial charge in [-0.05, 0) is 37.6 Å². The third-order valence-corrected chi connectivity index (χ3v) is 3.93. The minimum Gasteiger partial charge on any atom is -0.392 e. The zero-order chi connectivity index (χ0) is 15.9. The van der Waals surface area contributed by atoms with Crippen molar-refractivity contribution in [3.05, 3.63) is 51.9 Å². The molecule has 114 valence electrons. The molecule has 0 atom stereocenters.